The molecule has 0 unspecified atom stereocenters. The number of unbranched alkanes of at least 4 members (excludes halogenated alkanes) is 1. The lowest BCUT2D eigenvalue weighted by Crippen LogP contribution is -2.13. The van der Waals surface area contributed by atoms with E-state index in [4.69, 9.17) is 9.47 Å². The highest BCUT2D eigenvalue weighted by Crippen LogP contribution is 2.08. The molecular weight excluding hydrogens is 228 g/mol. The predicted octanol–water partition coefficient (Wildman–Crippen LogP) is 2.39. The van der Waals surface area contributed by atoms with Crippen LogP contribution in [-0.2, 0) is 11.3 Å². The van der Waals surface area contributed by atoms with Gasteiger partial charge in [-0.15, -0.1) is 0 Å². The summed E-state index contributed by atoms with van der Waals surface area (Å²) in [6.07, 6.45) is 4.04. The van der Waals surface area contributed by atoms with E-state index in [1.165, 1.54) is 0 Å². The van der Waals surface area contributed by atoms with Crippen molar-refractivity contribution in [2.45, 2.75) is 33.2 Å². The van der Waals surface area contributed by atoms with Crippen molar-refractivity contribution in [1.82, 2.24) is 10.3 Å². The van der Waals surface area contributed by atoms with Crippen molar-refractivity contribution in [3.05, 3.63) is 24.0 Å². The predicted molar refractivity (Wildman–Crippen MR) is 72.8 cm³/mol. The molecule has 0 amide bonds. The van der Waals surface area contributed by atoms with Gasteiger partial charge in [-0.2, -0.15) is 0 Å². The van der Waals surface area contributed by atoms with Crippen molar-refractivity contribution in [2.24, 2.45) is 0 Å². The monoisotopic (exact) mass is 252 g/mol. The summed E-state index contributed by atoms with van der Waals surface area (Å²) >= 11 is 0. The molecule has 0 aliphatic rings. The number of aromatic nitrogens is 1. The SMILES string of the molecule is CCCCOCCOc1ccc(CNCC)nc1. The molecule has 1 aromatic rings. The molecule has 0 aliphatic carbocycles. The molecule has 102 valence electrons. The molecule has 0 bridgehead atoms. The van der Waals surface area contributed by atoms with E-state index in [-0.39, 0.29) is 0 Å². The van der Waals surface area contributed by atoms with E-state index in [0.717, 1.165) is 44.0 Å². The first kappa shape index (κ1) is 14.9. The first-order valence-corrected chi connectivity index (χ1v) is 6.73. The average Bonchev–Trinajstić information content (AvgIpc) is 2.42. The lowest BCUT2D eigenvalue weighted by molar-refractivity contribution is 0.0979. The fourth-order valence-corrected chi connectivity index (χ4v) is 1.42. The van der Waals surface area contributed by atoms with E-state index in [2.05, 4.69) is 24.1 Å². The van der Waals surface area contributed by atoms with Gasteiger partial charge in [0.25, 0.3) is 0 Å². The summed E-state index contributed by atoms with van der Waals surface area (Å²) in [4.78, 5) is 4.32. The normalized spacial score (nSPS) is 10.6. The summed E-state index contributed by atoms with van der Waals surface area (Å²) in [6, 6.07) is 3.93. The van der Waals surface area contributed by atoms with E-state index in [0.29, 0.717) is 13.2 Å². The van der Waals surface area contributed by atoms with Crippen LogP contribution in [0.3, 0.4) is 0 Å². The number of nitrogens with zero attached hydrogens (tertiary/aromatic N) is 1. The van der Waals surface area contributed by atoms with Crippen LogP contribution in [0.2, 0.25) is 0 Å². The van der Waals surface area contributed by atoms with Crippen molar-refractivity contribution in [3.8, 4) is 5.75 Å². The second-order valence-electron chi connectivity index (χ2n) is 4.08. The third kappa shape index (κ3) is 6.57. The van der Waals surface area contributed by atoms with Crippen LogP contribution in [0.1, 0.15) is 32.4 Å². The third-order valence-corrected chi connectivity index (χ3v) is 2.49. The maximum absolute atomic E-state index is 5.54. The lowest BCUT2D eigenvalue weighted by atomic mass is 10.3. The summed E-state index contributed by atoms with van der Waals surface area (Å²) in [7, 11) is 0. The Morgan fingerprint density at radius 1 is 1.17 bits per heavy atom. The Bertz CT molecular complexity index is 301. The highest BCUT2D eigenvalue weighted by atomic mass is 16.5. The molecule has 0 radical (unpaired) electrons. The molecule has 4 nitrogen and oxygen atoms in total. The Labute approximate surface area is 110 Å². The molecule has 4 heteroatoms. The Kier molecular flexibility index (Phi) is 8.17. The van der Waals surface area contributed by atoms with Gasteiger partial charge in [0.05, 0.1) is 18.5 Å². The average molecular weight is 252 g/mol. The van der Waals surface area contributed by atoms with E-state index in [9.17, 15) is 0 Å². The first-order chi connectivity index (χ1) is 8.86. The molecule has 0 fully saturated rings. The lowest BCUT2D eigenvalue weighted by Gasteiger charge is -2.07. The van der Waals surface area contributed by atoms with E-state index in [1.54, 1.807) is 6.20 Å². The molecule has 0 saturated heterocycles. The van der Waals surface area contributed by atoms with Crippen LogP contribution < -0.4 is 10.1 Å². The van der Waals surface area contributed by atoms with E-state index >= 15 is 0 Å². The highest BCUT2D eigenvalue weighted by Gasteiger charge is 1.96. The summed E-state index contributed by atoms with van der Waals surface area (Å²) in [5.74, 6) is 0.800. The van der Waals surface area contributed by atoms with Crippen molar-refractivity contribution in [2.75, 3.05) is 26.4 Å². The first-order valence-electron chi connectivity index (χ1n) is 6.73. The summed E-state index contributed by atoms with van der Waals surface area (Å²) in [6.45, 7) is 8.03. The number of rotatable bonds is 10. The van der Waals surface area contributed by atoms with Gasteiger partial charge in [0, 0.05) is 13.2 Å². The minimum atomic E-state index is 0.581. The smallest absolute Gasteiger partial charge is 0.137 e. The quantitative estimate of drug-likeness (QED) is 0.649. The highest BCUT2D eigenvalue weighted by molar-refractivity contribution is 5.19. The molecule has 0 atom stereocenters. The van der Waals surface area contributed by atoms with Crippen molar-refractivity contribution in [3.63, 3.8) is 0 Å². The minimum absolute atomic E-state index is 0.581. The number of nitrogens with one attached hydrogen (secondary N) is 1. The van der Waals surface area contributed by atoms with Gasteiger partial charge in [0.15, 0.2) is 0 Å². The zero-order chi connectivity index (χ0) is 13.1. The molecule has 0 aromatic carbocycles. The maximum Gasteiger partial charge on any atom is 0.137 e. The fourth-order valence-electron chi connectivity index (χ4n) is 1.42. The third-order valence-electron chi connectivity index (χ3n) is 2.49. The molecule has 0 spiro atoms. The van der Waals surface area contributed by atoms with Crippen molar-refractivity contribution >= 4 is 0 Å². The Balaban J connectivity index is 2.14. The Hall–Kier alpha value is -1.13. The van der Waals surface area contributed by atoms with Crippen LogP contribution >= 0.6 is 0 Å². The largest absolute Gasteiger partial charge is 0.490 e. The van der Waals surface area contributed by atoms with Crippen molar-refractivity contribution in [1.29, 1.82) is 0 Å². The summed E-state index contributed by atoms with van der Waals surface area (Å²) in [5, 5.41) is 3.23. The molecule has 1 aromatic heterocycles. The molecule has 0 aliphatic heterocycles. The Morgan fingerprint density at radius 2 is 2.06 bits per heavy atom. The van der Waals surface area contributed by atoms with Gasteiger partial charge in [-0.25, -0.2) is 0 Å². The number of pyridine rings is 1. The molecular formula is C14H24N2O2. The fraction of sp³-hybridized carbons (Fsp3) is 0.643. The number of ether oxygens (including phenoxy) is 2. The van der Waals surface area contributed by atoms with Crippen LogP contribution in [0.15, 0.2) is 18.3 Å². The van der Waals surface area contributed by atoms with Crippen LogP contribution in [0.4, 0.5) is 0 Å². The van der Waals surface area contributed by atoms with Gasteiger partial charge in [-0.05, 0) is 25.1 Å². The number of hydrogen-bond donors (Lipinski definition) is 1. The van der Waals surface area contributed by atoms with Gasteiger partial charge < -0.3 is 14.8 Å². The molecule has 1 heterocycles. The van der Waals surface area contributed by atoms with Crippen LogP contribution in [-0.4, -0.2) is 31.3 Å². The summed E-state index contributed by atoms with van der Waals surface area (Å²) < 4.78 is 11.0. The number of hydrogen-bond acceptors (Lipinski definition) is 4. The van der Waals surface area contributed by atoms with Gasteiger partial charge in [0.1, 0.15) is 12.4 Å². The minimum Gasteiger partial charge on any atom is -0.490 e. The standard InChI is InChI=1S/C14H24N2O2/c1-3-5-8-17-9-10-18-14-7-6-13(16-12-14)11-15-4-2/h6-7,12,15H,3-5,8-11H2,1-2H3. The van der Waals surface area contributed by atoms with Crippen LogP contribution in [0.5, 0.6) is 5.75 Å². The zero-order valence-corrected chi connectivity index (χ0v) is 11.4. The second kappa shape index (κ2) is 9.85. The summed E-state index contributed by atoms with van der Waals surface area (Å²) in [5.41, 5.74) is 1.03. The molecule has 1 rings (SSSR count). The molecule has 0 saturated carbocycles. The van der Waals surface area contributed by atoms with Gasteiger partial charge in [-0.3, -0.25) is 4.98 Å². The zero-order valence-electron chi connectivity index (χ0n) is 11.4. The maximum atomic E-state index is 5.54. The van der Waals surface area contributed by atoms with Gasteiger partial charge in [0.2, 0.25) is 0 Å². The Morgan fingerprint density at radius 3 is 2.72 bits per heavy atom. The van der Waals surface area contributed by atoms with E-state index < -0.39 is 0 Å². The topological polar surface area (TPSA) is 43.4 Å². The van der Waals surface area contributed by atoms with Gasteiger partial charge in [-0.1, -0.05) is 20.3 Å². The van der Waals surface area contributed by atoms with E-state index in [1.807, 2.05) is 12.1 Å². The van der Waals surface area contributed by atoms with Crippen LogP contribution in [0, 0.1) is 0 Å². The van der Waals surface area contributed by atoms with Crippen molar-refractivity contribution < 1.29 is 9.47 Å². The van der Waals surface area contributed by atoms with Crippen LogP contribution in [0.25, 0.3) is 0 Å². The molecule has 18 heavy (non-hydrogen) atoms. The molecule has 1 N–H and O–H groups in total. The van der Waals surface area contributed by atoms with Gasteiger partial charge >= 0.3 is 0 Å². The second-order valence-corrected chi connectivity index (χ2v) is 4.08.